The fourth-order valence-corrected chi connectivity index (χ4v) is 4.25. The van der Waals surface area contributed by atoms with Gasteiger partial charge in [-0.1, -0.05) is 41.6 Å². The maximum atomic E-state index is 13.3. The Kier molecular flexibility index (Phi) is 5.18. The molecule has 1 aromatic heterocycles. The number of carbonyl (C=O) groups is 1. The molecule has 2 aliphatic rings. The predicted octanol–water partition coefficient (Wildman–Crippen LogP) is 4.80. The zero-order valence-corrected chi connectivity index (χ0v) is 17.6. The third-order valence-electron chi connectivity index (χ3n) is 4.91. The average molecular weight is 430 g/mol. The Morgan fingerprint density at radius 2 is 1.94 bits per heavy atom. The van der Waals surface area contributed by atoms with Gasteiger partial charge in [-0.15, -0.1) is 0 Å². The molecule has 1 amide bonds. The van der Waals surface area contributed by atoms with Gasteiger partial charge in [-0.2, -0.15) is 0 Å². The van der Waals surface area contributed by atoms with Gasteiger partial charge in [0.05, 0.1) is 5.69 Å². The van der Waals surface area contributed by atoms with Gasteiger partial charge in [0.2, 0.25) is 6.79 Å². The Morgan fingerprint density at radius 1 is 1.10 bits per heavy atom. The molecule has 0 bridgehead atoms. The second-order valence-electron chi connectivity index (χ2n) is 7.16. The highest BCUT2D eigenvalue weighted by molar-refractivity contribution is 8.13. The lowest BCUT2D eigenvalue weighted by Gasteiger charge is -2.18. The quantitative estimate of drug-likeness (QED) is 0.558. The van der Waals surface area contributed by atoms with E-state index in [2.05, 4.69) is 9.98 Å². The summed E-state index contributed by atoms with van der Waals surface area (Å²) in [6, 6.07) is 17.4. The molecule has 5 rings (SSSR count). The van der Waals surface area contributed by atoms with Crippen LogP contribution in [0.2, 0.25) is 0 Å². The molecule has 3 aromatic rings. The maximum absolute atomic E-state index is 13.3. The van der Waals surface area contributed by atoms with Crippen LogP contribution in [-0.2, 0) is 10.5 Å². The van der Waals surface area contributed by atoms with E-state index in [0.717, 1.165) is 22.4 Å². The number of hydrogen-bond donors (Lipinski definition) is 0. The van der Waals surface area contributed by atoms with Crippen LogP contribution in [0, 0.1) is 6.92 Å². The predicted molar refractivity (Wildman–Crippen MR) is 122 cm³/mol. The highest BCUT2D eigenvalue weighted by Gasteiger charge is 2.32. The van der Waals surface area contributed by atoms with Gasteiger partial charge < -0.3 is 9.47 Å². The number of carbonyl (C=O) groups excluding carboxylic acids is 1. The monoisotopic (exact) mass is 429 g/mol. The number of amides is 1. The van der Waals surface area contributed by atoms with E-state index in [9.17, 15) is 4.79 Å². The number of benzene rings is 2. The molecule has 0 unspecified atom stereocenters. The Hall–Kier alpha value is -3.58. The van der Waals surface area contributed by atoms with Crippen LogP contribution in [0.25, 0.3) is 6.08 Å². The molecule has 0 radical (unpaired) electrons. The lowest BCUT2D eigenvalue weighted by atomic mass is 10.1. The fourth-order valence-electron chi connectivity index (χ4n) is 3.31. The molecule has 2 aromatic carbocycles. The molecule has 0 spiro atoms. The summed E-state index contributed by atoms with van der Waals surface area (Å²) in [6.45, 7) is 2.23. The zero-order valence-electron chi connectivity index (χ0n) is 16.8. The van der Waals surface area contributed by atoms with E-state index in [1.54, 1.807) is 17.2 Å². The van der Waals surface area contributed by atoms with E-state index >= 15 is 0 Å². The molecule has 6 nitrogen and oxygen atoms in total. The summed E-state index contributed by atoms with van der Waals surface area (Å²) in [6.07, 6.45) is 5.35. The van der Waals surface area contributed by atoms with Crippen LogP contribution in [0.1, 0.15) is 16.7 Å². The van der Waals surface area contributed by atoms with Gasteiger partial charge in [-0.3, -0.25) is 14.7 Å². The molecule has 0 N–H and O–H groups in total. The number of nitrogens with zero attached hydrogens (tertiary/aromatic N) is 3. The summed E-state index contributed by atoms with van der Waals surface area (Å²) >= 11 is 1.51. The first kappa shape index (κ1) is 19.4. The molecule has 3 heterocycles. The smallest absolute Gasteiger partial charge is 0.283 e. The molecular formula is C24H19N3O3S. The molecule has 7 heteroatoms. The minimum absolute atomic E-state index is 0.157. The van der Waals surface area contributed by atoms with Crippen molar-refractivity contribution in [2.24, 2.45) is 4.99 Å². The summed E-state index contributed by atoms with van der Waals surface area (Å²) in [5, 5.41) is 0.643. The molecule has 154 valence electrons. The third kappa shape index (κ3) is 4.04. The van der Waals surface area contributed by atoms with E-state index in [1.807, 2.05) is 67.7 Å². The van der Waals surface area contributed by atoms with Crippen molar-refractivity contribution in [3.05, 3.63) is 89.4 Å². The Bertz CT molecular complexity index is 1190. The molecule has 0 saturated carbocycles. The first-order chi connectivity index (χ1) is 15.2. The van der Waals surface area contributed by atoms with Crippen molar-refractivity contribution in [2.75, 3.05) is 11.7 Å². The Balaban J connectivity index is 1.47. The van der Waals surface area contributed by atoms with Crippen LogP contribution in [0.15, 0.2) is 77.7 Å². The van der Waals surface area contributed by atoms with Gasteiger partial charge in [-0.05, 0) is 54.5 Å². The number of pyridine rings is 1. The van der Waals surface area contributed by atoms with Crippen molar-refractivity contribution in [1.82, 2.24) is 4.98 Å². The highest BCUT2D eigenvalue weighted by atomic mass is 32.2. The first-order valence-corrected chi connectivity index (χ1v) is 10.8. The van der Waals surface area contributed by atoms with E-state index in [-0.39, 0.29) is 12.7 Å². The summed E-state index contributed by atoms with van der Waals surface area (Å²) in [4.78, 5) is 23.8. The highest BCUT2D eigenvalue weighted by Crippen LogP contribution is 2.35. The minimum Gasteiger partial charge on any atom is -0.454 e. The van der Waals surface area contributed by atoms with E-state index < -0.39 is 0 Å². The third-order valence-corrected chi connectivity index (χ3v) is 5.92. The van der Waals surface area contributed by atoms with Gasteiger partial charge >= 0.3 is 0 Å². The van der Waals surface area contributed by atoms with Gasteiger partial charge in [0, 0.05) is 18.1 Å². The summed E-state index contributed by atoms with van der Waals surface area (Å²) in [5.74, 6) is 1.89. The average Bonchev–Trinajstić information content (AvgIpc) is 3.38. The maximum Gasteiger partial charge on any atom is 0.283 e. The molecule has 0 aliphatic carbocycles. The zero-order chi connectivity index (χ0) is 21.2. The lowest BCUT2D eigenvalue weighted by molar-refractivity contribution is -0.113. The summed E-state index contributed by atoms with van der Waals surface area (Å²) < 4.78 is 10.8. The van der Waals surface area contributed by atoms with Crippen LogP contribution < -0.4 is 14.4 Å². The van der Waals surface area contributed by atoms with E-state index in [1.165, 1.54) is 11.8 Å². The van der Waals surface area contributed by atoms with Gasteiger partial charge in [-0.25, -0.2) is 4.99 Å². The lowest BCUT2D eigenvalue weighted by Crippen LogP contribution is -2.30. The van der Waals surface area contributed by atoms with Crippen LogP contribution in [0.5, 0.6) is 11.5 Å². The number of aliphatic imine (C=N–C) groups is 1. The largest absolute Gasteiger partial charge is 0.454 e. The van der Waals surface area contributed by atoms with Gasteiger partial charge in [0.15, 0.2) is 16.7 Å². The second-order valence-corrected chi connectivity index (χ2v) is 8.11. The Morgan fingerprint density at radius 3 is 2.74 bits per heavy atom. The molecule has 0 fully saturated rings. The SMILES string of the molecule is Cc1ccc(N2C(=O)C(=Cc3ccc4c(c3)OCO4)N=C2SCc2cccnc2)cc1. The van der Waals surface area contributed by atoms with Gasteiger partial charge in [0.25, 0.3) is 5.91 Å². The number of ether oxygens (including phenoxy) is 2. The minimum atomic E-state index is -0.157. The second kappa shape index (κ2) is 8.28. The number of hydrogen-bond acceptors (Lipinski definition) is 6. The standard InChI is InChI=1S/C24H19N3O3S/c1-16-4-7-19(8-5-16)27-23(28)20(11-17-6-9-21-22(12-17)30-15-29-21)26-24(27)31-14-18-3-2-10-25-13-18/h2-13H,14-15H2,1H3. The fraction of sp³-hybridized carbons (Fsp3) is 0.125. The first-order valence-electron chi connectivity index (χ1n) is 9.80. The molecular weight excluding hydrogens is 410 g/mol. The van der Waals surface area contributed by atoms with Crippen molar-refractivity contribution < 1.29 is 14.3 Å². The summed E-state index contributed by atoms with van der Waals surface area (Å²) in [7, 11) is 0. The molecule has 0 atom stereocenters. The number of aromatic nitrogens is 1. The van der Waals surface area contributed by atoms with E-state index in [4.69, 9.17) is 9.47 Å². The van der Waals surface area contributed by atoms with Crippen LogP contribution in [0.3, 0.4) is 0 Å². The Labute approximate surface area is 184 Å². The van der Waals surface area contributed by atoms with Crippen molar-refractivity contribution in [2.45, 2.75) is 12.7 Å². The molecule has 2 aliphatic heterocycles. The number of thioether (sulfide) groups is 1. The van der Waals surface area contributed by atoms with Crippen LogP contribution >= 0.6 is 11.8 Å². The van der Waals surface area contributed by atoms with Gasteiger partial charge in [0.1, 0.15) is 5.70 Å². The van der Waals surface area contributed by atoms with Crippen molar-refractivity contribution in [3.63, 3.8) is 0 Å². The normalized spacial score (nSPS) is 16.2. The summed E-state index contributed by atoms with van der Waals surface area (Å²) in [5.41, 5.74) is 4.21. The van der Waals surface area contributed by atoms with Crippen LogP contribution in [0.4, 0.5) is 5.69 Å². The van der Waals surface area contributed by atoms with Crippen molar-refractivity contribution >= 4 is 34.6 Å². The number of amidine groups is 1. The molecule has 31 heavy (non-hydrogen) atoms. The topological polar surface area (TPSA) is 64.0 Å². The van der Waals surface area contributed by atoms with Crippen molar-refractivity contribution in [1.29, 1.82) is 0 Å². The number of anilines is 1. The number of aryl methyl sites for hydroxylation is 1. The number of rotatable bonds is 4. The van der Waals surface area contributed by atoms with Crippen LogP contribution in [-0.4, -0.2) is 22.9 Å². The van der Waals surface area contributed by atoms with E-state index in [0.29, 0.717) is 28.1 Å². The van der Waals surface area contributed by atoms with Crippen molar-refractivity contribution in [3.8, 4) is 11.5 Å². The molecule has 0 saturated heterocycles. The number of fused-ring (bicyclic) bond motifs is 1.